The number of nitro benzene ring substituents is 1. The lowest BCUT2D eigenvalue weighted by Crippen LogP contribution is -2.52. The number of nitrogens with one attached hydrogen (secondary N) is 1. The highest BCUT2D eigenvalue weighted by molar-refractivity contribution is 5.82. The highest BCUT2D eigenvalue weighted by Gasteiger charge is 2.35. The fourth-order valence-corrected chi connectivity index (χ4v) is 2.69. The van der Waals surface area contributed by atoms with E-state index >= 15 is 0 Å². The molecule has 0 spiro atoms. The van der Waals surface area contributed by atoms with Crippen molar-refractivity contribution in [1.29, 1.82) is 5.26 Å². The Morgan fingerprint density at radius 3 is 2.74 bits per heavy atom. The number of nitro groups is 1. The number of amides is 1. The molecular formula is C16H19N3O4. The van der Waals surface area contributed by atoms with Crippen molar-refractivity contribution >= 4 is 11.6 Å². The number of hydrogen-bond acceptors (Lipinski definition) is 5. The Kier molecular flexibility index (Phi) is 5.16. The zero-order valence-electron chi connectivity index (χ0n) is 12.9. The predicted octanol–water partition coefficient (Wildman–Crippen LogP) is 2.70. The molecular weight excluding hydrogens is 298 g/mol. The minimum atomic E-state index is -0.843. The minimum absolute atomic E-state index is 0.101. The molecule has 1 aliphatic rings. The number of benzene rings is 1. The SMILES string of the molecule is C[C@H](Oc1cccc([N+](=O)[O-])c1)C(=O)NC1(C#N)CCCCC1. The number of nitriles is 1. The normalized spacial score (nSPS) is 17.6. The highest BCUT2D eigenvalue weighted by atomic mass is 16.6. The van der Waals surface area contributed by atoms with Crippen LogP contribution in [0.5, 0.6) is 5.75 Å². The third-order valence-electron chi connectivity index (χ3n) is 3.99. The first kappa shape index (κ1) is 16.7. The van der Waals surface area contributed by atoms with Crippen LogP contribution < -0.4 is 10.1 Å². The van der Waals surface area contributed by atoms with Gasteiger partial charge >= 0.3 is 0 Å². The molecule has 0 saturated heterocycles. The molecule has 7 heteroatoms. The maximum Gasteiger partial charge on any atom is 0.273 e. The van der Waals surface area contributed by atoms with Crippen LogP contribution in [0.25, 0.3) is 0 Å². The van der Waals surface area contributed by atoms with Gasteiger partial charge in [-0.3, -0.25) is 14.9 Å². The number of hydrogen-bond donors (Lipinski definition) is 1. The molecule has 1 fully saturated rings. The summed E-state index contributed by atoms with van der Waals surface area (Å²) in [7, 11) is 0. The highest BCUT2D eigenvalue weighted by Crippen LogP contribution is 2.28. The molecule has 0 aromatic heterocycles. The lowest BCUT2D eigenvalue weighted by Gasteiger charge is -2.32. The van der Waals surface area contributed by atoms with Crippen molar-refractivity contribution in [3.8, 4) is 11.8 Å². The summed E-state index contributed by atoms with van der Waals surface area (Å²) in [5.74, 6) is -0.142. The number of nitrogens with zero attached hydrogens (tertiary/aromatic N) is 2. The largest absolute Gasteiger partial charge is 0.481 e. The fourth-order valence-electron chi connectivity index (χ4n) is 2.69. The van der Waals surface area contributed by atoms with E-state index in [2.05, 4.69) is 11.4 Å². The standard InChI is InChI=1S/C16H19N3O4/c1-12(23-14-7-5-6-13(10-14)19(21)22)15(20)18-16(11-17)8-3-2-4-9-16/h5-7,10,12H,2-4,8-9H2,1H3,(H,18,20)/t12-/m0/s1. The molecule has 23 heavy (non-hydrogen) atoms. The van der Waals surface area contributed by atoms with Crippen LogP contribution in [-0.2, 0) is 4.79 Å². The summed E-state index contributed by atoms with van der Waals surface area (Å²) in [4.78, 5) is 22.5. The smallest absolute Gasteiger partial charge is 0.273 e. The summed E-state index contributed by atoms with van der Waals surface area (Å²) in [5.41, 5.74) is -0.925. The number of carbonyl (C=O) groups excluding carboxylic acids is 1. The van der Waals surface area contributed by atoms with Gasteiger partial charge in [-0.05, 0) is 25.8 Å². The van der Waals surface area contributed by atoms with Crippen molar-refractivity contribution in [3.05, 3.63) is 34.4 Å². The van der Waals surface area contributed by atoms with E-state index in [0.29, 0.717) is 12.8 Å². The Hall–Kier alpha value is -2.62. The number of rotatable bonds is 5. The van der Waals surface area contributed by atoms with Crippen LogP contribution in [0.4, 0.5) is 5.69 Å². The molecule has 7 nitrogen and oxygen atoms in total. The van der Waals surface area contributed by atoms with E-state index < -0.39 is 16.6 Å². The third kappa shape index (κ3) is 4.19. The van der Waals surface area contributed by atoms with E-state index in [-0.39, 0.29) is 17.3 Å². The summed E-state index contributed by atoms with van der Waals surface area (Å²) in [6.07, 6.45) is 3.32. The van der Waals surface area contributed by atoms with Gasteiger partial charge in [-0.1, -0.05) is 25.3 Å². The molecule has 1 atom stereocenters. The fraction of sp³-hybridized carbons (Fsp3) is 0.500. The van der Waals surface area contributed by atoms with Gasteiger partial charge in [0.2, 0.25) is 0 Å². The maximum absolute atomic E-state index is 12.3. The van der Waals surface area contributed by atoms with E-state index in [1.807, 2.05) is 0 Å². The molecule has 0 aliphatic heterocycles. The van der Waals surface area contributed by atoms with Crippen LogP contribution in [0.3, 0.4) is 0 Å². The number of carbonyl (C=O) groups is 1. The van der Waals surface area contributed by atoms with Crippen molar-refractivity contribution in [3.63, 3.8) is 0 Å². The van der Waals surface area contributed by atoms with E-state index in [1.165, 1.54) is 18.2 Å². The Morgan fingerprint density at radius 1 is 1.43 bits per heavy atom. The monoisotopic (exact) mass is 317 g/mol. The summed E-state index contributed by atoms with van der Waals surface area (Å²) in [6.45, 7) is 1.56. The molecule has 1 aliphatic carbocycles. The lowest BCUT2D eigenvalue weighted by atomic mass is 9.83. The van der Waals surface area contributed by atoms with Gasteiger partial charge in [0.1, 0.15) is 11.3 Å². The van der Waals surface area contributed by atoms with Crippen LogP contribution in [0.1, 0.15) is 39.0 Å². The summed E-state index contributed by atoms with van der Waals surface area (Å²) < 4.78 is 5.47. The summed E-state index contributed by atoms with van der Waals surface area (Å²) >= 11 is 0. The Bertz CT molecular complexity index is 632. The van der Waals surface area contributed by atoms with Crippen LogP contribution in [0, 0.1) is 21.4 Å². The molecule has 0 bridgehead atoms. The van der Waals surface area contributed by atoms with Crippen molar-refractivity contribution < 1.29 is 14.5 Å². The second kappa shape index (κ2) is 7.09. The first-order valence-corrected chi connectivity index (χ1v) is 7.60. The minimum Gasteiger partial charge on any atom is -0.481 e. The van der Waals surface area contributed by atoms with Crippen LogP contribution in [0.15, 0.2) is 24.3 Å². The average Bonchev–Trinajstić information content (AvgIpc) is 2.55. The second-order valence-electron chi connectivity index (χ2n) is 5.76. The van der Waals surface area contributed by atoms with Gasteiger partial charge in [-0.25, -0.2) is 0 Å². The van der Waals surface area contributed by atoms with Crippen LogP contribution in [0.2, 0.25) is 0 Å². The molecule has 0 radical (unpaired) electrons. The molecule has 2 rings (SSSR count). The predicted molar refractivity (Wildman–Crippen MR) is 82.8 cm³/mol. The first-order chi connectivity index (χ1) is 11.0. The van der Waals surface area contributed by atoms with E-state index in [4.69, 9.17) is 4.74 Å². The van der Waals surface area contributed by atoms with Crippen molar-refractivity contribution in [2.75, 3.05) is 0 Å². The Labute approximate surface area is 134 Å². The van der Waals surface area contributed by atoms with Gasteiger partial charge in [-0.2, -0.15) is 5.26 Å². The second-order valence-corrected chi connectivity index (χ2v) is 5.76. The van der Waals surface area contributed by atoms with Gasteiger partial charge in [-0.15, -0.1) is 0 Å². The summed E-state index contributed by atoms with van der Waals surface area (Å²) in [5, 5.41) is 22.9. The third-order valence-corrected chi connectivity index (χ3v) is 3.99. The van der Waals surface area contributed by atoms with Crippen LogP contribution in [-0.4, -0.2) is 22.5 Å². The molecule has 1 aromatic carbocycles. The van der Waals surface area contributed by atoms with Crippen molar-refractivity contribution in [1.82, 2.24) is 5.32 Å². The van der Waals surface area contributed by atoms with Gasteiger partial charge in [0.05, 0.1) is 17.1 Å². The molecule has 1 saturated carbocycles. The van der Waals surface area contributed by atoms with E-state index in [0.717, 1.165) is 19.3 Å². The maximum atomic E-state index is 12.3. The average molecular weight is 317 g/mol. The molecule has 1 N–H and O–H groups in total. The van der Waals surface area contributed by atoms with Crippen molar-refractivity contribution in [2.24, 2.45) is 0 Å². The molecule has 0 unspecified atom stereocenters. The first-order valence-electron chi connectivity index (χ1n) is 7.60. The van der Waals surface area contributed by atoms with Crippen molar-refractivity contribution in [2.45, 2.75) is 50.7 Å². The molecule has 1 amide bonds. The molecule has 1 aromatic rings. The molecule has 0 heterocycles. The molecule has 122 valence electrons. The van der Waals surface area contributed by atoms with Gasteiger partial charge in [0.25, 0.3) is 11.6 Å². The van der Waals surface area contributed by atoms with Gasteiger partial charge in [0, 0.05) is 6.07 Å². The summed E-state index contributed by atoms with van der Waals surface area (Å²) in [6, 6.07) is 7.88. The Morgan fingerprint density at radius 2 is 2.13 bits per heavy atom. The Balaban J connectivity index is 2.01. The lowest BCUT2D eigenvalue weighted by molar-refractivity contribution is -0.384. The number of ether oxygens (including phenoxy) is 1. The zero-order valence-corrected chi connectivity index (χ0v) is 12.9. The number of non-ortho nitro benzene ring substituents is 1. The zero-order chi connectivity index (χ0) is 16.9. The van der Waals surface area contributed by atoms with E-state index in [9.17, 15) is 20.2 Å². The topological polar surface area (TPSA) is 105 Å². The van der Waals surface area contributed by atoms with E-state index in [1.54, 1.807) is 13.0 Å². The van der Waals surface area contributed by atoms with Gasteiger partial charge < -0.3 is 10.1 Å². The quantitative estimate of drug-likeness (QED) is 0.664. The van der Waals surface area contributed by atoms with Gasteiger partial charge in [0.15, 0.2) is 6.10 Å². The van der Waals surface area contributed by atoms with Crippen LogP contribution >= 0.6 is 0 Å².